The smallest absolute Gasteiger partial charge is 0.239 e. The molecule has 1 aliphatic heterocycles. The number of hydrogen-bond donors (Lipinski definition) is 1. The van der Waals surface area contributed by atoms with Crippen LogP contribution in [0.25, 0.3) is 0 Å². The van der Waals surface area contributed by atoms with Gasteiger partial charge in [0.05, 0.1) is 6.04 Å². The summed E-state index contributed by atoms with van der Waals surface area (Å²) < 4.78 is 0. The molecule has 2 fully saturated rings. The Labute approximate surface area is 95.8 Å². The zero-order valence-corrected chi connectivity index (χ0v) is 10.1. The minimum Gasteiger partial charge on any atom is -0.338 e. The van der Waals surface area contributed by atoms with E-state index in [0.717, 1.165) is 24.6 Å². The molecule has 2 unspecified atom stereocenters. The van der Waals surface area contributed by atoms with Gasteiger partial charge >= 0.3 is 0 Å². The van der Waals surface area contributed by atoms with Gasteiger partial charge < -0.3 is 10.6 Å². The first-order valence-corrected chi connectivity index (χ1v) is 7.16. The Balaban J connectivity index is 1.85. The predicted molar refractivity (Wildman–Crippen MR) is 63.8 cm³/mol. The van der Waals surface area contributed by atoms with E-state index in [1.54, 1.807) is 11.8 Å². The van der Waals surface area contributed by atoms with Gasteiger partial charge in [-0.3, -0.25) is 4.79 Å². The number of rotatable bonds is 4. The molecule has 2 bridgehead atoms. The third-order valence-electron chi connectivity index (χ3n) is 3.64. The molecular weight excluding hydrogens is 208 g/mol. The predicted octanol–water partition coefficient (Wildman–Crippen LogP) is 1.08. The summed E-state index contributed by atoms with van der Waals surface area (Å²) >= 11 is 1.75. The lowest BCUT2D eigenvalue weighted by atomic mass is 10.1. The van der Waals surface area contributed by atoms with Crippen molar-refractivity contribution in [3.05, 3.63) is 0 Å². The fourth-order valence-electron chi connectivity index (χ4n) is 2.78. The molecule has 0 radical (unpaired) electrons. The van der Waals surface area contributed by atoms with Crippen molar-refractivity contribution in [1.29, 1.82) is 0 Å². The summed E-state index contributed by atoms with van der Waals surface area (Å²) in [6, 6.07) is 0.250. The first-order chi connectivity index (χ1) is 7.22. The van der Waals surface area contributed by atoms with Crippen molar-refractivity contribution in [1.82, 2.24) is 4.90 Å². The number of amides is 1. The Morgan fingerprint density at radius 3 is 2.93 bits per heavy atom. The van der Waals surface area contributed by atoms with Crippen LogP contribution in [-0.4, -0.2) is 41.4 Å². The van der Waals surface area contributed by atoms with Crippen LogP contribution in [0.3, 0.4) is 0 Å². The number of fused-ring (bicyclic) bond motifs is 2. The van der Waals surface area contributed by atoms with Crippen LogP contribution in [0.1, 0.15) is 25.7 Å². The highest BCUT2D eigenvalue weighted by Gasteiger charge is 2.41. The van der Waals surface area contributed by atoms with Crippen LogP contribution in [0, 0.1) is 5.92 Å². The van der Waals surface area contributed by atoms with E-state index in [1.807, 2.05) is 4.90 Å². The van der Waals surface area contributed by atoms with E-state index >= 15 is 0 Å². The van der Waals surface area contributed by atoms with Crippen LogP contribution in [0.5, 0.6) is 0 Å². The van der Waals surface area contributed by atoms with E-state index in [0.29, 0.717) is 6.04 Å². The third-order valence-corrected chi connectivity index (χ3v) is 4.29. The number of thioether (sulfide) groups is 1. The maximum atomic E-state index is 12.0. The third kappa shape index (κ3) is 2.31. The van der Waals surface area contributed by atoms with E-state index in [4.69, 9.17) is 5.73 Å². The van der Waals surface area contributed by atoms with Gasteiger partial charge in [0.15, 0.2) is 0 Å². The Hall–Kier alpha value is -0.220. The normalized spacial score (nSPS) is 30.9. The fourth-order valence-corrected chi connectivity index (χ4v) is 3.27. The van der Waals surface area contributed by atoms with E-state index in [2.05, 4.69) is 6.26 Å². The van der Waals surface area contributed by atoms with Crippen molar-refractivity contribution in [2.45, 2.75) is 37.8 Å². The summed E-state index contributed by atoms with van der Waals surface area (Å²) in [6.07, 6.45) is 6.60. The summed E-state index contributed by atoms with van der Waals surface area (Å²) in [6.45, 7) is 0.969. The van der Waals surface area contributed by atoms with Crippen molar-refractivity contribution in [2.75, 3.05) is 18.6 Å². The standard InChI is InChI=1S/C11H20N2OS/c1-15-5-4-10(12)11(14)13-7-8-2-3-9(13)6-8/h8-10H,2-7,12H2,1H3/t8?,9?,10-/m1/s1. The largest absolute Gasteiger partial charge is 0.338 e. The molecule has 1 aliphatic carbocycles. The quantitative estimate of drug-likeness (QED) is 0.783. The first-order valence-electron chi connectivity index (χ1n) is 5.77. The second kappa shape index (κ2) is 4.74. The number of likely N-dealkylation sites (tertiary alicyclic amines) is 1. The summed E-state index contributed by atoms with van der Waals surface area (Å²) in [7, 11) is 0. The van der Waals surface area contributed by atoms with Crippen LogP contribution in [0.4, 0.5) is 0 Å². The first kappa shape index (κ1) is 11.3. The average molecular weight is 228 g/mol. The van der Waals surface area contributed by atoms with Crippen molar-refractivity contribution in [2.24, 2.45) is 11.7 Å². The molecule has 1 heterocycles. The molecule has 0 aromatic heterocycles. The SMILES string of the molecule is CSCC[C@@H](N)C(=O)N1CC2CCC1C2. The van der Waals surface area contributed by atoms with Crippen LogP contribution in [0.15, 0.2) is 0 Å². The average Bonchev–Trinajstić information content (AvgIpc) is 2.86. The number of piperidine rings is 1. The molecule has 3 atom stereocenters. The lowest BCUT2D eigenvalue weighted by Gasteiger charge is -2.29. The van der Waals surface area contributed by atoms with Crippen molar-refractivity contribution < 1.29 is 4.79 Å². The molecule has 2 aliphatic rings. The summed E-state index contributed by atoms with van der Waals surface area (Å²) in [5, 5.41) is 0. The zero-order chi connectivity index (χ0) is 10.8. The number of carbonyl (C=O) groups is 1. The van der Waals surface area contributed by atoms with Gasteiger partial charge in [-0.05, 0) is 43.6 Å². The molecule has 86 valence electrons. The van der Waals surface area contributed by atoms with Gasteiger partial charge in [-0.2, -0.15) is 11.8 Å². The Morgan fingerprint density at radius 2 is 2.40 bits per heavy atom. The van der Waals surface area contributed by atoms with Crippen molar-refractivity contribution >= 4 is 17.7 Å². The van der Waals surface area contributed by atoms with E-state index < -0.39 is 0 Å². The zero-order valence-electron chi connectivity index (χ0n) is 9.32. The Kier molecular flexibility index (Phi) is 3.57. The number of nitrogens with two attached hydrogens (primary N) is 1. The fraction of sp³-hybridized carbons (Fsp3) is 0.909. The van der Waals surface area contributed by atoms with Crippen molar-refractivity contribution in [3.63, 3.8) is 0 Å². The molecule has 4 heteroatoms. The van der Waals surface area contributed by atoms with Gasteiger partial charge in [-0.25, -0.2) is 0 Å². The van der Waals surface area contributed by atoms with Gasteiger partial charge in [0.1, 0.15) is 0 Å². The van der Waals surface area contributed by atoms with Crippen LogP contribution in [-0.2, 0) is 4.79 Å². The summed E-state index contributed by atoms with van der Waals surface area (Å²) in [5.74, 6) is 1.94. The van der Waals surface area contributed by atoms with Gasteiger partial charge in [0.25, 0.3) is 0 Å². The monoisotopic (exact) mass is 228 g/mol. The molecule has 0 aromatic carbocycles. The topological polar surface area (TPSA) is 46.3 Å². The maximum Gasteiger partial charge on any atom is 0.239 e. The van der Waals surface area contributed by atoms with E-state index in [-0.39, 0.29) is 11.9 Å². The highest BCUT2D eigenvalue weighted by molar-refractivity contribution is 7.98. The van der Waals surface area contributed by atoms with Crippen LogP contribution in [0.2, 0.25) is 0 Å². The second-order valence-corrected chi connectivity index (χ2v) is 5.70. The lowest BCUT2D eigenvalue weighted by molar-refractivity contribution is -0.134. The summed E-state index contributed by atoms with van der Waals surface area (Å²) in [5.41, 5.74) is 5.91. The molecule has 1 saturated carbocycles. The lowest BCUT2D eigenvalue weighted by Crippen LogP contribution is -2.47. The van der Waals surface area contributed by atoms with Crippen molar-refractivity contribution in [3.8, 4) is 0 Å². The molecule has 1 amide bonds. The maximum absolute atomic E-state index is 12.0. The molecule has 1 saturated heterocycles. The number of hydrogen-bond acceptors (Lipinski definition) is 3. The molecule has 15 heavy (non-hydrogen) atoms. The summed E-state index contributed by atoms with van der Waals surface area (Å²) in [4.78, 5) is 14.1. The number of carbonyl (C=O) groups excluding carboxylic acids is 1. The van der Waals surface area contributed by atoms with Gasteiger partial charge in [-0.1, -0.05) is 0 Å². The molecule has 0 spiro atoms. The van der Waals surface area contributed by atoms with Crippen LogP contribution < -0.4 is 5.73 Å². The van der Waals surface area contributed by atoms with Crippen LogP contribution >= 0.6 is 11.8 Å². The highest BCUT2D eigenvalue weighted by atomic mass is 32.2. The van der Waals surface area contributed by atoms with E-state index in [1.165, 1.54) is 19.3 Å². The van der Waals surface area contributed by atoms with Gasteiger partial charge in [0, 0.05) is 12.6 Å². The number of nitrogens with zero attached hydrogens (tertiary/aromatic N) is 1. The molecule has 2 N–H and O–H groups in total. The minimum absolute atomic E-state index is 0.191. The molecule has 2 rings (SSSR count). The van der Waals surface area contributed by atoms with Gasteiger partial charge in [-0.15, -0.1) is 0 Å². The highest BCUT2D eigenvalue weighted by Crippen LogP contribution is 2.37. The van der Waals surface area contributed by atoms with E-state index in [9.17, 15) is 4.79 Å². The van der Waals surface area contributed by atoms with Gasteiger partial charge in [0.2, 0.25) is 5.91 Å². The molecule has 0 aromatic rings. The second-order valence-electron chi connectivity index (χ2n) is 4.71. The minimum atomic E-state index is -0.267. The molecular formula is C11H20N2OS. The Bertz CT molecular complexity index is 247. The molecule has 3 nitrogen and oxygen atoms in total. The Morgan fingerprint density at radius 1 is 1.60 bits per heavy atom.